The average molecular weight is 213 g/mol. The lowest BCUT2D eigenvalue weighted by atomic mass is 10.2. The number of nitrogens with one attached hydrogen (secondary N) is 2. The van der Waals surface area contributed by atoms with E-state index in [9.17, 15) is 4.79 Å². The molecule has 1 heterocycles. The minimum atomic E-state index is 0.158. The molecule has 1 aliphatic rings. The van der Waals surface area contributed by atoms with Crippen molar-refractivity contribution in [2.24, 2.45) is 5.92 Å². The summed E-state index contributed by atoms with van der Waals surface area (Å²) < 4.78 is 0. The Balaban J connectivity index is 2.17. The third-order valence-electron chi connectivity index (χ3n) is 2.51. The van der Waals surface area contributed by atoms with Gasteiger partial charge in [-0.3, -0.25) is 9.69 Å². The number of hydrogen-bond acceptors (Lipinski definition) is 3. The molecule has 0 aromatic carbocycles. The van der Waals surface area contributed by atoms with E-state index in [-0.39, 0.29) is 5.91 Å². The van der Waals surface area contributed by atoms with Gasteiger partial charge in [0.2, 0.25) is 5.91 Å². The Bertz CT molecular complexity index is 186. The fourth-order valence-electron chi connectivity index (χ4n) is 1.64. The number of rotatable bonds is 4. The van der Waals surface area contributed by atoms with Gasteiger partial charge in [0.05, 0.1) is 6.54 Å². The normalized spacial score (nSPS) is 18.9. The molecule has 1 fully saturated rings. The molecule has 0 unspecified atom stereocenters. The fraction of sp³-hybridized carbons (Fsp3) is 0.909. The summed E-state index contributed by atoms with van der Waals surface area (Å²) in [5.74, 6) is 0.686. The first-order valence-corrected chi connectivity index (χ1v) is 5.88. The minimum Gasteiger partial charge on any atom is -0.355 e. The molecule has 0 aromatic rings. The molecule has 1 amide bonds. The number of hydrogen-bond donors (Lipinski definition) is 2. The highest BCUT2D eigenvalue weighted by atomic mass is 16.2. The zero-order chi connectivity index (χ0) is 11.1. The highest BCUT2D eigenvalue weighted by Crippen LogP contribution is 1.95. The van der Waals surface area contributed by atoms with Crippen molar-refractivity contribution >= 4 is 5.91 Å². The Labute approximate surface area is 92.4 Å². The summed E-state index contributed by atoms with van der Waals surface area (Å²) in [5, 5.41) is 6.28. The lowest BCUT2D eigenvalue weighted by Crippen LogP contribution is -2.40. The van der Waals surface area contributed by atoms with Crippen LogP contribution in [0.2, 0.25) is 0 Å². The largest absolute Gasteiger partial charge is 0.355 e. The Kier molecular flexibility index (Phi) is 5.65. The molecule has 4 heteroatoms. The summed E-state index contributed by atoms with van der Waals surface area (Å²) in [6.07, 6.45) is 1.14. The van der Waals surface area contributed by atoms with Gasteiger partial charge in [0, 0.05) is 19.6 Å². The van der Waals surface area contributed by atoms with Gasteiger partial charge in [0.15, 0.2) is 0 Å². The highest BCUT2D eigenvalue weighted by molar-refractivity contribution is 5.77. The number of nitrogens with zero attached hydrogens (tertiary/aromatic N) is 1. The predicted molar refractivity (Wildman–Crippen MR) is 61.8 cm³/mol. The molecular weight excluding hydrogens is 190 g/mol. The maximum Gasteiger partial charge on any atom is 0.234 e. The van der Waals surface area contributed by atoms with Crippen molar-refractivity contribution in [3.63, 3.8) is 0 Å². The number of amides is 1. The Hall–Kier alpha value is -0.610. The molecular formula is C11H23N3O. The van der Waals surface area contributed by atoms with Crippen molar-refractivity contribution in [1.82, 2.24) is 15.5 Å². The topological polar surface area (TPSA) is 44.4 Å². The first-order valence-electron chi connectivity index (χ1n) is 5.88. The molecule has 0 saturated carbocycles. The van der Waals surface area contributed by atoms with Crippen LogP contribution in [0.3, 0.4) is 0 Å². The SMILES string of the molecule is CC(C)CNC(=O)CN1CCCNCC1. The quantitative estimate of drug-likeness (QED) is 0.694. The van der Waals surface area contributed by atoms with E-state index in [0.717, 1.165) is 39.1 Å². The van der Waals surface area contributed by atoms with Gasteiger partial charge in [0.1, 0.15) is 0 Å². The smallest absolute Gasteiger partial charge is 0.234 e. The fourth-order valence-corrected chi connectivity index (χ4v) is 1.64. The summed E-state index contributed by atoms with van der Waals surface area (Å²) in [4.78, 5) is 13.8. The summed E-state index contributed by atoms with van der Waals surface area (Å²) in [5.41, 5.74) is 0. The van der Waals surface area contributed by atoms with Crippen LogP contribution in [0.4, 0.5) is 0 Å². The van der Waals surface area contributed by atoms with E-state index in [1.165, 1.54) is 0 Å². The molecule has 4 nitrogen and oxygen atoms in total. The van der Waals surface area contributed by atoms with Gasteiger partial charge < -0.3 is 10.6 Å². The minimum absolute atomic E-state index is 0.158. The van der Waals surface area contributed by atoms with Crippen molar-refractivity contribution in [2.45, 2.75) is 20.3 Å². The van der Waals surface area contributed by atoms with E-state index < -0.39 is 0 Å². The summed E-state index contributed by atoms with van der Waals surface area (Å²) in [6.45, 7) is 9.63. The van der Waals surface area contributed by atoms with E-state index in [0.29, 0.717) is 12.5 Å². The van der Waals surface area contributed by atoms with Crippen molar-refractivity contribution in [1.29, 1.82) is 0 Å². The van der Waals surface area contributed by atoms with E-state index in [1.807, 2.05) is 0 Å². The van der Waals surface area contributed by atoms with Crippen LogP contribution >= 0.6 is 0 Å². The van der Waals surface area contributed by atoms with Crippen LogP contribution in [0.1, 0.15) is 20.3 Å². The first-order chi connectivity index (χ1) is 7.18. The second kappa shape index (κ2) is 6.80. The molecule has 0 aliphatic carbocycles. The lowest BCUT2D eigenvalue weighted by molar-refractivity contribution is -0.122. The van der Waals surface area contributed by atoms with Crippen LogP contribution in [0.15, 0.2) is 0 Å². The standard InChI is InChI=1S/C11H23N3O/c1-10(2)8-13-11(15)9-14-6-3-4-12-5-7-14/h10,12H,3-9H2,1-2H3,(H,13,15). The van der Waals surface area contributed by atoms with Crippen LogP contribution in [-0.2, 0) is 4.79 Å². The Morgan fingerprint density at radius 1 is 1.40 bits per heavy atom. The van der Waals surface area contributed by atoms with Gasteiger partial charge in [-0.25, -0.2) is 0 Å². The van der Waals surface area contributed by atoms with Gasteiger partial charge in [0.25, 0.3) is 0 Å². The molecule has 0 bridgehead atoms. The number of carbonyl (C=O) groups excluding carboxylic acids is 1. The maximum absolute atomic E-state index is 11.6. The van der Waals surface area contributed by atoms with Crippen LogP contribution in [0.25, 0.3) is 0 Å². The summed E-state index contributed by atoms with van der Waals surface area (Å²) >= 11 is 0. The molecule has 88 valence electrons. The molecule has 0 atom stereocenters. The van der Waals surface area contributed by atoms with Crippen LogP contribution in [0.5, 0.6) is 0 Å². The van der Waals surface area contributed by atoms with E-state index >= 15 is 0 Å². The lowest BCUT2D eigenvalue weighted by Gasteiger charge is -2.19. The second-order valence-corrected chi connectivity index (χ2v) is 4.58. The van der Waals surface area contributed by atoms with E-state index in [4.69, 9.17) is 0 Å². The van der Waals surface area contributed by atoms with Crippen molar-refractivity contribution < 1.29 is 4.79 Å². The van der Waals surface area contributed by atoms with Crippen LogP contribution in [0, 0.1) is 5.92 Å². The van der Waals surface area contributed by atoms with Crippen LogP contribution in [-0.4, -0.2) is 50.1 Å². The van der Waals surface area contributed by atoms with Gasteiger partial charge >= 0.3 is 0 Å². The van der Waals surface area contributed by atoms with Crippen molar-refractivity contribution in [3.8, 4) is 0 Å². The summed E-state index contributed by atoms with van der Waals surface area (Å²) in [7, 11) is 0. The molecule has 2 N–H and O–H groups in total. The molecule has 1 aliphatic heterocycles. The predicted octanol–water partition coefficient (Wildman–Crippen LogP) is 0.0539. The molecule has 0 radical (unpaired) electrons. The number of carbonyl (C=O) groups is 1. The maximum atomic E-state index is 11.6. The zero-order valence-electron chi connectivity index (χ0n) is 9.88. The first kappa shape index (κ1) is 12.5. The molecule has 0 spiro atoms. The molecule has 1 rings (SSSR count). The van der Waals surface area contributed by atoms with Gasteiger partial charge in [-0.15, -0.1) is 0 Å². The zero-order valence-corrected chi connectivity index (χ0v) is 9.88. The third-order valence-corrected chi connectivity index (χ3v) is 2.51. The van der Waals surface area contributed by atoms with Gasteiger partial charge in [-0.05, 0) is 25.4 Å². The van der Waals surface area contributed by atoms with E-state index in [1.54, 1.807) is 0 Å². The monoisotopic (exact) mass is 213 g/mol. The highest BCUT2D eigenvalue weighted by Gasteiger charge is 2.12. The van der Waals surface area contributed by atoms with Crippen LogP contribution < -0.4 is 10.6 Å². The van der Waals surface area contributed by atoms with E-state index in [2.05, 4.69) is 29.4 Å². The Morgan fingerprint density at radius 3 is 2.93 bits per heavy atom. The second-order valence-electron chi connectivity index (χ2n) is 4.58. The van der Waals surface area contributed by atoms with Crippen molar-refractivity contribution in [2.75, 3.05) is 39.3 Å². The molecule has 0 aromatic heterocycles. The molecule has 15 heavy (non-hydrogen) atoms. The summed E-state index contributed by atoms with van der Waals surface area (Å²) in [6, 6.07) is 0. The third kappa shape index (κ3) is 5.74. The van der Waals surface area contributed by atoms with Gasteiger partial charge in [-0.1, -0.05) is 13.8 Å². The molecule has 1 saturated heterocycles. The Morgan fingerprint density at radius 2 is 2.20 bits per heavy atom. The van der Waals surface area contributed by atoms with Crippen molar-refractivity contribution in [3.05, 3.63) is 0 Å². The van der Waals surface area contributed by atoms with Gasteiger partial charge in [-0.2, -0.15) is 0 Å². The average Bonchev–Trinajstić information content (AvgIpc) is 2.43.